The highest BCUT2D eigenvalue weighted by Gasteiger charge is 2.06. The number of rotatable bonds is 6. The first-order valence-electron chi connectivity index (χ1n) is 5.72. The number of aryl methyl sites for hydroxylation is 1. The van der Waals surface area contributed by atoms with Crippen LogP contribution in [0.25, 0.3) is 0 Å². The standard InChI is InChI=1S/C14H20O2/c1-11-4-7-13(8-5-11)10-14(15)9-6-12(2)16-3/h4-5,7-8,12H,6,9-10H2,1-3H3. The van der Waals surface area contributed by atoms with Crippen molar-refractivity contribution in [1.29, 1.82) is 0 Å². The van der Waals surface area contributed by atoms with Gasteiger partial charge in [0, 0.05) is 20.0 Å². The molecular formula is C14H20O2. The average molecular weight is 220 g/mol. The largest absolute Gasteiger partial charge is 0.382 e. The highest BCUT2D eigenvalue weighted by molar-refractivity contribution is 5.80. The van der Waals surface area contributed by atoms with Crippen LogP contribution >= 0.6 is 0 Å². The minimum atomic E-state index is 0.168. The zero-order valence-electron chi connectivity index (χ0n) is 10.3. The van der Waals surface area contributed by atoms with E-state index in [0.29, 0.717) is 12.8 Å². The van der Waals surface area contributed by atoms with Crippen molar-refractivity contribution in [3.8, 4) is 0 Å². The molecule has 0 aliphatic rings. The van der Waals surface area contributed by atoms with Gasteiger partial charge < -0.3 is 4.74 Å². The lowest BCUT2D eigenvalue weighted by molar-refractivity contribution is -0.119. The number of carbonyl (C=O) groups is 1. The molecule has 2 nitrogen and oxygen atoms in total. The van der Waals surface area contributed by atoms with Crippen molar-refractivity contribution in [1.82, 2.24) is 0 Å². The molecule has 0 radical (unpaired) electrons. The van der Waals surface area contributed by atoms with Crippen LogP contribution in [0.4, 0.5) is 0 Å². The number of Topliss-reactive ketones (excluding diaryl/α,β-unsaturated/α-hetero) is 1. The highest BCUT2D eigenvalue weighted by atomic mass is 16.5. The van der Waals surface area contributed by atoms with Gasteiger partial charge >= 0.3 is 0 Å². The van der Waals surface area contributed by atoms with Crippen molar-refractivity contribution in [3.05, 3.63) is 35.4 Å². The maximum atomic E-state index is 11.7. The molecule has 0 aliphatic carbocycles. The van der Waals surface area contributed by atoms with Gasteiger partial charge in [0.15, 0.2) is 0 Å². The van der Waals surface area contributed by atoms with E-state index in [1.165, 1.54) is 5.56 Å². The lowest BCUT2D eigenvalue weighted by atomic mass is 10.0. The smallest absolute Gasteiger partial charge is 0.137 e. The molecule has 0 amide bonds. The highest BCUT2D eigenvalue weighted by Crippen LogP contribution is 2.08. The summed E-state index contributed by atoms with van der Waals surface area (Å²) < 4.78 is 5.11. The van der Waals surface area contributed by atoms with E-state index < -0.39 is 0 Å². The summed E-state index contributed by atoms with van der Waals surface area (Å²) in [6, 6.07) is 8.13. The predicted octanol–water partition coefficient (Wildman–Crippen LogP) is 2.92. The topological polar surface area (TPSA) is 26.3 Å². The summed E-state index contributed by atoms with van der Waals surface area (Å²) in [5.74, 6) is 0.285. The lowest BCUT2D eigenvalue weighted by Crippen LogP contribution is -2.10. The second-order valence-electron chi connectivity index (χ2n) is 4.29. The lowest BCUT2D eigenvalue weighted by Gasteiger charge is -2.08. The molecule has 0 aromatic heterocycles. The Morgan fingerprint density at radius 3 is 2.50 bits per heavy atom. The van der Waals surface area contributed by atoms with Crippen LogP contribution in [0.1, 0.15) is 30.9 Å². The fourth-order valence-electron chi connectivity index (χ4n) is 1.50. The van der Waals surface area contributed by atoms with Gasteiger partial charge in [-0.3, -0.25) is 4.79 Å². The third-order valence-electron chi connectivity index (χ3n) is 2.75. The van der Waals surface area contributed by atoms with Gasteiger partial charge in [-0.1, -0.05) is 29.8 Å². The Morgan fingerprint density at radius 1 is 1.31 bits per heavy atom. The molecule has 0 saturated carbocycles. The van der Waals surface area contributed by atoms with Crippen LogP contribution in [0.3, 0.4) is 0 Å². The Kier molecular flexibility index (Phi) is 5.20. The number of methoxy groups -OCH3 is 1. The fraction of sp³-hybridized carbons (Fsp3) is 0.500. The Morgan fingerprint density at radius 2 is 1.94 bits per heavy atom. The summed E-state index contributed by atoms with van der Waals surface area (Å²) in [4.78, 5) is 11.7. The van der Waals surface area contributed by atoms with E-state index in [1.807, 2.05) is 38.1 Å². The summed E-state index contributed by atoms with van der Waals surface area (Å²) in [6.07, 6.45) is 2.11. The van der Waals surface area contributed by atoms with Gasteiger partial charge in [0.1, 0.15) is 5.78 Å². The van der Waals surface area contributed by atoms with Gasteiger partial charge in [-0.25, -0.2) is 0 Å². The summed E-state index contributed by atoms with van der Waals surface area (Å²) in [5.41, 5.74) is 2.32. The monoisotopic (exact) mass is 220 g/mol. The van der Waals surface area contributed by atoms with Crippen LogP contribution in [-0.4, -0.2) is 19.0 Å². The van der Waals surface area contributed by atoms with Gasteiger partial charge in [-0.15, -0.1) is 0 Å². The molecule has 0 fully saturated rings. The zero-order chi connectivity index (χ0) is 12.0. The van der Waals surface area contributed by atoms with Crippen molar-refractivity contribution in [3.63, 3.8) is 0 Å². The summed E-state index contributed by atoms with van der Waals surface area (Å²) in [6.45, 7) is 4.03. The van der Waals surface area contributed by atoms with Gasteiger partial charge in [0.05, 0.1) is 6.10 Å². The van der Waals surface area contributed by atoms with E-state index in [1.54, 1.807) is 7.11 Å². The second kappa shape index (κ2) is 6.44. The van der Waals surface area contributed by atoms with Gasteiger partial charge in [0.2, 0.25) is 0 Å². The fourth-order valence-corrected chi connectivity index (χ4v) is 1.50. The van der Waals surface area contributed by atoms with Gasteiger partial charge in [-0.05, 0) is 25.8 Å². The molecule has 0 bridgehead atoms. The molecule has 1 aromatic carbocycles. The van der Waals surface area contributed by atoms with Gasteiger partial charge in [-0.2, -0.15) is 0 Å². The van der Waals surface area contributed by atoms with E-state index in [9.17, 15) is 4.79 Å². The first-order chi connectivity index (χ1) is 7.61. The van der Waals surface area contributed by atoms with Crippen LogP contribution < -0.4 is 0 Å². The molecule has 0 heterocycles. The molecular weight excluding hydrogens is 200 g/mol. The van der Waals surface area contributed by atoms with Crippen molar-refractivity contribution >= 4 is 5.78 Å². The van der Waals surface area contributed by atoms with E-state index >= 15 is 0 Å². The number of benzene rings is 1. The maximum absolute atomic E-state index is 11.7. The van der Waals surface area contributed by atoms with Gasteiger partial charge in [0.25, 0.3) is 0 Å². The van der Waals surface area contributed by atoms with Crippen molar-refractivity contribution < 1.29 is 9.53 Å². The molecule has 16 heavy (non-hydrogen) atoms. The predicted molar refractivity (Wildman–Crippen MR) is 65.6 cm³/mol. The number of ketones is 1. The molecule has 1 atom stereocenters. The third kappa shape index (κ3) is 4.58. The van der Waals surface area contributed by atoms with Crippen LogP contribution in [0.2, 0.25) is 0 Å². The Balaban J connectivity index is 2.37. The van der Waals surface area contributed by atoms with Crippen LogP contribution in [-0.2, 0) is 16.0 Å². The normalized spacial score (nSPS) is 12.4. The second-order valence-corrected chi connectivity index (χ2v) is 4.29. The maximum Gasteiger partial charge on any atom is 0.137 e. The minimum absolute atomic E-state index is 0.168. The molecule has 1 rings (SSSR count). The van der Waals surface area contributed by atoms with E-state index in [0.717, 1.165) is 12.0 Å². The molecule has 0 aliphatic heterocycles. The number of ether oxygens (including phenoxy) is 1. The zero-order valence-corrected chi connectivity index (χ0v) is 10.3. The van der Waals surface area contributed by atoms with E-state index in [4.69, 9.17) is 4.74 Å². The Hall–Kier alpha value is -1.15. The number of hydrogen-bond donors (Lipinski definition) is 0. The van der Waals surface area contributed by atoms with Crippen LogP contribution in [0.5, 0.6) is 0 Å². The van der Waals surface area contributed by atoms with Crippen LogP contribution in [0, 0.1) is 6.92 Å². The molecule has 88 valence electrons. The summed E-state index contributed by atoms with van der Waals surface area (Å²) in [5, 5.41) is 0. The van der Waals surface area contributed by atoms with E-state index in [2.05, 4.69) is 0 Å². The van der Waals surface area contributed by atoms with Crippen LogP contribution in [0.15, 0.2) is 24.3 Å². The first kappa shape index (κ1) is 12.9. The number of hydrogen-bond acceptors (Lipinski definition) is 2. The molecule has 1 aromatic rings. The minimum Gasteiger partial charge on any atom is -0.382 e. The molecule has 2 heteroatoms. The van der Waals surface area contributed by atoms with E-state index in [-0.39, 0.29) is 11.9 Å². The first-order valence-corrected chi connectivity index (χ1v) is 5.72. The average Bonchev–Trinajstić information content (AvgIpc) is 2.29. The quantitative estimate of drug-likeness (QED) is 0.736. The molecule has 0 N–H and O–H groups in total. The van der Waals surface area contributed by atoms with Crippen molar-refractivity contribution in [2.45, 2.75) is 39.2 Å². The number of carbonyl (C=O) groups excluding carboxylic acids is 1. The molecule has 1 unspecified atom stereocenters. The molecule has 0 spiro atoms. The Labute approximate surface area is 97.6 Å². The third-order valence-corrected chi connectivity index (χ3v) is 2.75. The summed E-state index contributed by atoms with van der Waals surface area (Å²) in [7, 11) is 1.68. The van der Waals surface area contributed by atoms with Crippen molar-refractivity contribution in [2.75, 3.05) is 7.11 Å². The molecule has 0 saturated heterocycles. The summed E-state index contributed by atoms with van der Waals surface area (Å²) >= 11 is 0. The SMILES string of the molecule is COC(C)CCC(=O)Cc1ccc(C)cc1. The Bertz CT molecular complexity index is 327. The van der Waals surface area contributed by atoms with Crippen molar-refractivity contribution in [2.24, 2.45) is 0 Å².